The highest BCUT2D eigenvalue weighted by Crippen LogP contribution is 2.33. The summed E-state index contributed by atoms with van der Waals surface area (Å²) in [4.78, 5) is 13.5. The van der Waals surface area contributed by atoms with Crippen LogP contribution in [0.25, 0.3) is 0 Å². The fraction of sp³-hybridized carbons (Fsp3) is 0.500. The van der Waals surface area contributed by atoms with Gasteiger partial charge >= 0.3 is 0 Å². The van der Waals surface area contributed by atoms with E-state index in [0.29, 0.717) is 18.2 Å². The van der Waals surface area contributed by atoms with Gasteiger partial charge in [-0.1, -0.05) is 6.42 Å². The van der Waals surface area contributed by atoms with E-state index < -0.39 is 11.7 Å². The Hall–Kier alpha value is -1.62. The number of primary amides is 1. The number of nitrogens with two attached hydrogens (primary N) is 2. The molecule has 0 bridgehead atoms. The largest absolute Gasteiger partial charge is 0.371 e. The summed E-state index contributed by atoms with van der Waals surface area (Å²) in [7, 11) is 1.92. The summed E-state index contributed by atoms with van der Waals surface area (Å²) in [6, 6.07) is 4.45. The van der Waals surface area contributed by atoms with Crippen LogP contribution in [0.5, 0.6) is 0 Å². The maximum atomic E-state index is 13.2. The summed E-state index contributed by atoms with van der Waals surface area (Å²) in [5, 5.41) is 0. The van der Waals surface area contributed by atoms with Crippen LogP contribution in [0.4, 0.5) is 10.1 Å². The summed E-state index contributed by atoms with van der Waals surface area (Å²) in [5.74, 6) is -0.646. The predicted octanol–water partition coefficient (Wildman–Crippen LogP) is 1.49. The van der Waals surface area contributed by atoms with Crippen LogP contribution in [0.15, 0.2) is 18.2 Å². The van der Waals surface area contributed by atoms with Crippen LogP contribution >= 0.6 is 0 Å². The van der Waals surface area contributed by atoms with Crippen LogP contribution in [0, 0.1) is 11.7 Å². The second-order valence-corrected chi connectivity index (χ2v) is 5.13. The number of halogens is 1. The zero-order valence-corrected chi connectivity index (χ0v) is 11.1. The summed E-state index contributed by atoms with van der Waals surface area (Å²) < 4.78 is 13.2. The number of rotatable bonds is 4. The SMILES string of the molecule is CN(c1ccc(F)cc1C(N)=O)C1CCCC1CN. The van der Waals surface area contributed by atoms with Gasteiger partial charge in [0.1, 0.15) is 5.82 Å². The van der Waals surface area contributed by atoms with E-state index in [-0.39, 0.29) is 11.6 Å². The van der Waals surface area contributed by atoms with E-state index in [1.165, 1.54) is 12.1 Å². The van der Waals surface area contributed by atoms with E-state index in [4.69, 9.17) is 11.5 Å². The molecule has 0 aliphatic heterocycles. The first-order valence-corrected chi connectivity index (χ1v) is 6.57. The standard InChI is InChI=1S/C14H20FN3O/c1-18(12-4-2-3-9(12)8-16)13-6-5-10(15)7-11(13)14(17)19/h5-7,9,12H,2-4,8,16H2,1H3,(H2,17,19). The maximum Gasteiger partial charge on any atom is 0.250 e. The van der Waals surface area contributed by atoms with Crippen molar-refractivity contribution in [2.45, 2.75) is 25.3 Å². The third-order valence-electron chi connectivity index (χ3n) is 4.02. The van der Waals surface area contributed by atoms with Crippen LogP contribution in [-0.4, -0.2) is 25.5 Å². The van der Waals surface area contributed by atoms with Crippen LogP contribution in [0.2, 0.25) is 0 Å². The van der Waals surface area contributed by atoms with Crippen LogP contribution in [0.3, 0.4) is 0 Å². The molecule has 5 heteroatoms. The number of carbonyl (C=O) groups is 1. The molecule has 0 heterocycles. The van der Waals surface area contributed by atoms with Gasteiger partial charge in [-0.3, -0.25) is 4.79 Å². The number of carbonyl (C=O) groups excluding carboxylic acids is 1. The van der Waals surface area contributed by atoms with Gasteiger partial charge < -0.3 is 16.4 Å². The molecule has 104 valence electrons. The van der Waals surface area contributed by atoms with Crippen molar-refractivity contribution in [3.63, 3.8) is 0 Å². The Bertz CT molecular complexity index is 478. The summed E-state index contributed by atoms with van der Waals surface area (Å²) in [5.41, 5.74) is 12.0. The molecule has 0 spiro atoms. The quantitative estimate of drug-likeness (QED) is 0.866. The van der Waals surface area contributed by atoms with Gasteiger partial charge in [-0.05, 0) is 43.5 Å². The molecule has 4 nitrogen and oxygen atoms in total. The zero-order chi connectivity index (χ0) is 14.0. The van der Waals surface area contributed by atoms with Gasteiger partial charge in [-0.25, -0.2) is 4.39 Å². The molecule has 1 aliphatic carbocycles. The molecule has 2 rings (SSSR count). The Morgan fingerprint density at radius 2 is 2.21 bits per heavy atom. The first-order chi connectivity index (χ1) is 9.04. The Balaban J connectivity index is 2.33. The highest BCUT2D eigenvalue weighted by molar-refractivity contribution is 5.98. The molecule has 2 atom stereocenters. The fourth-order valence-electron chi connectivity index (χ4n) is 2.99. The number of nitrogens with zero attached hydrogens (tertiary/aromatic N) is 1. The minimum Gasteiger partial charge on any atom is -0.371 e. The van der Waals surface area contributed by atoms with Gasteiger partial charge in [0.2, 0.25) is 0 Å². The van der Waals surface area contributed by atoms with E-state index >= 15 is 0 Å². The molecule has 0 saturated heterocycles. The lowest BCUT2D eigenvalue weighted by molar-refractivity contribution is 0.1000. The molecule has 0 radical (unpaired) electrons. The monoisotopic (exact) mass is 265 g/mol. The van der Waals surface area contributed by atoms with E-state index in [1.807, 2.05) is 11.9 Å². The molecule has 1 aromatic rings. The van der Waals surface area contributed by atoms with E-state index in [0.717, 1.165) is 19.3 Å². The van der Waals surface area contributed by atoms with Crippen LogP contribution in [0.1, 0.15) is 29.6 Å². The van der Waals surface area contributed by atoms with Crippen molar-refractivity contribution in [3.8, 4) is 0 Å². The lowest BCUT2D eigenvalue weighted by atomic mass is 10.0. The Morgan fingerprint density at radius 1 is 1.47 bits per heavy atom. The number of benzene rings is 1. The van der Waals surface area contributed by atoms with E-state index in [9.17, 15) is 9.18 Å². The third kappa shape index (κ3) is 2.71. The smallest absolute Gasteiger partial charge is 0.250 e. The molecule has 2 unspecified atom stereocenters. The fourth-order valence-corrected chi connectivity index (χ4v) is 2.99. The molecule has 19 heavy (non-hydrogen) atoms. The van der Waals surface area contributed by atoms with E-state index in [1.54, 1.807) is 6.07 Å². The summed E-state index contributed by atoms with van der Waals surface area (Å²) in [6.45, 7) is 0.627. The molecule has 0 aromatic heterocycles. The normalized spacial score (nSPS) is 22.5. The Kier molecular flexibility index (Phi) is 4.04. The molecule has 1 saturated carbocycles. The van der Waals surface area contributed by atoms with Gasteiger partial charge in [0.25, 0.3) is 5.91 Å². The molecule has 1 fully saturated rings. The Morgan fingerprint density at radius 3 is 2.84 bits per heavy atom. The minimum absolute atomic E-state index is 0.227. The van der Waals surface area contributed by atoms with Crippen molar-refractivity contribution in [1.29, 1.82) is 0 Å². The predicted molar refractivity (Wildman–Crippen MR) is 73.5 cm³/mol. The second-order valence-electron chi connectivity index (χ2n) is 5.13. The van der Waals surface area contributed by atoms with Crippen molar-refractivity contribution >= 4 is 11.6 Å². The number of anilines is 1. The van der Waals surface area contributed by atoms with Crippen LogP contribution in [-0.2, 0) is 0 Å². The first-order valence-electron chi connectivity index (χ1n) is 6.57. The molecule has 4 N–H and O–H groups in total. The molecule has 1 aliphatic rings. The molecule has 1 aromatic carbocycles. The van der Waals surface area contributed by atoms with Crippen molar-refractivity contribution in [2.24, 2.45) is 17.4 Å². The first kappa shape index (κ1) is 13.8. The van der Waals surface area contributed by atoms with Crippen molar-refractivity contribution in [1.82, 2.24) is 0 Å². The second kappa shape index (κ2) is 5.57. The van der Waals surface area contributed by atoms with Gasteiger partial charge in [-0.15, -0.1) is 0 Å². The molecular formula is C14H20FN3O. The van der Waals surface area contributed by atoms with Crippen molar-refractivity contribution < 1.29 is 9.18 Å². The molecular weight excluding hydrogens is 245 g/mol. The Labute approximate surface area is 112 Å². The average Bonchev–Trinajstić information content (AvgIpc) is 2.86. The number of hydrogen-bond acceptors (Lipinski definition) is 3. The van der Waals surface area contributed by atoms with Gasteiger partial charge in [-0.2, -0.15) is 0 Å². The minimum atomic E-state index is -0.608. The average molecular weight is 265 g/mol. The number of amides is 1. The lowest BCUT2D eigenvalue weighted by Gasteiger charge is -2.32. The van der Waals surface area contributed by atoms with Gasteiger partial charge in [0.05, 0.1) is 5.56 Å². The van der Waals surface area contributed by atoms with Crippen molar-refractivity contribution in [3.05, 3.63) is 29.6 Å². The van der Waals surface area contributed by atoms with Crippen molar-refractivity contribution in [2.75, 3.05) is 18.5 Å². The summed E-state index contributed by atoms with van der Waals surface area (Å²) >= 11 is 0. The van der Waals surface area contributed by atoms with Gasteiger partial charge in [0, 0.05) is 18.8 Å². The van der Waals surface area contributed by atoms with Gasteiger partial charge in [0.15, 0.2) is 0 Å². The third-order valence-corrected chi connectivity index (χ3v) is 4.02. The highest BCUT2D eigenvalue weighted by atomic mass is 19.1. The zero-order valence-electron chi connectivity index (χ0n) is 11.1. The lowest BCUT2D eigenvalue weighted by Crippen LogP contribution is -2.38. The van der Waals surface area contributed by atoms with E-state index in [2.05, 4.69) is 0 Å². The van der Waals surface area contributed by atoms with Crippen LogP contribution < -0.4 is 16.4 Å². The molecule has 1 amide bonds. The topological polar surface area (TPSA) is 72.3 Å². The number of hydrogen-bond donors (Lipinski definition) is 2. The summed E-state index contributed by atoms with van der Waals surface area (Å²) in [6.07, 6.45) is 3.26. The highest BCUT2D eigenvalue weighted by Gasteiger charge is 2.30. The maximum absolute atomic E-state index is 13.2.